The van der Waals surface area contributed by atoms with Gasteiger partial charge in [0, 0.05) is 9.92 Å². The minimum absolute atomic E-state index is 0.144. The Balaban J connectivity index is 3.38. The van der Waals surface area contributed by atoms with Crippen molar-refractivity contribution < 1.29 is 9.90 Å². The number of rotatable bonds is 2. The number of hydrogen-bond acceptors (Lipinski definition) is 2. The minimum atomic E-state index is -1.02. The lowest BCUT2D eigenvalue weighted by Gasteiger charge is -2.05. The number of carbonyl (C=O) groups is 1. The second-order valence-electron chi connectivity index (χ2n) is 2.27. The molecule has 0 spiro atoms. The molecule has 0 unspecified atom stereocenters. The molecule has 1 N–H and O–H groups in total. The van der Waals surface area contributed by atoms with Crippen molar-refractivity contribution >= 4 is 40.9 Å². The number of halogens is 2. The van der Waals surface area contributed by atoms with Crippen molar-refractivity contribution in [2.24, 2.45) is 0 Å². The molecule has 70 valence electrons. The third-order valence-corrected chi connectivity index (χ3v) is 2.92. The topological polar surface area (TPSA) is 37.3 Å². The number of benzene rings is 1. The Morgan fingerprint density at radius 1 is 1.46 bits per heavy atom. The molecule has 1 rings (SSSR count). The van der Waals surface area contributed by atoms with Crippen LogP contribution in [0.25, 0.3) is 0 Å². The molecule has 0 aliphatic rings. The van der Waals surface area contributed by atoms with Crippen molar-refractivity contribution in [1.29, 1.82) is 0 Å². The zero-order chi connectivity index (χ0) is 10.0. The molecule has 0 aliphatic heterocycles. The molecule has 0 radical (unpaired) electrons. The standard InChI is InChI=1S/C8H6Cl2O2S/c1-13-7-5(8(11)12)2-4(9)3-6(7)10/h2-3H,1H3,(H,11,12). The molecule has 0 saturated heterocycles. The molecule has 0 atom stereocenters. The fourth-order valence-corrected chi connectivity index (χ4v) is 2.27. The van der Waals surface area contributed by atoms with Crippen LogP contribution >= 0.6 is 35.0 Å². The van der Waals surface area contributed by atoms with Gasteiger partial charge in [-0.25, -0.2) is 4.79 Å². The summed E-state index contributed by atoms with van der Waals surface area (Å²) in [6.45, 7) is 0. The number of carboxylic acid groups (broad SMARTS) is 1. The highest BCUT2D eigenvalue weighted by molar-refractivity contribution is 7.98. The van der Waals surface area contributed by atoms with Crippen LogP contribution in [0.2, 0.25) is 10.0 Å². The molecule has 0 bridgehead atoms. The van der Waals surface area contributed by atoms with Gasteiger partial charge in [-0.1, -0.05) is 23.2 Å². The van der Waals surface area contributed by atoms with Gasteiger partial charge in [0.2, 0.25) is 0 Å². The Morgan fingerprint density at radius 2 is 2.08 bits per heavy atom. The first-order valence-corrected chi connectivity index (χ1v) is 5.30. The summed E-state index contributed by atoms with van der Waals surface area (Å²) in [5.41, 5.74) is 0.144. The van der Waals surface area contributed by atoms with E-state index in [4.69, 9.17) is 28.3 Å². The Morgan fingerprint density at radius 3 is 2.54 bits per heavy atom. The van der Waals surface area contributed by atoms with E-state index in [1.807, 2.05) is 0 Å². The van der Waals surface area contributed by atoms with E-state index in [2.05, 4.69) is 0 Å². The van der Waals surface area contributed by atoms with E-state index in [0.29, 0.717) is 14.9 Å². The van der Waals surface area contributed by atoms with Crippen molar-refractivity contribution in [3.63, 3.8) is 0 Å². The van der Waals surface area contributed by atoms with Gasteiger partial charge in [0.25, 0.3) is 0 Å². The smallest absolute Gasteiger partial charge is 0.336 e. The van der Waals surface area contributed by atoms with Crippen molar-refractivity contribution in [2.45, 2.75) is 4.90 Å². The van der Waals surface area contributed by atoms with Crippen molar-refractivity contribution in [3.8, 4) is 0 Å². The van der Waals surface area contributed by atoms with Crippen LogP contribution in [0, 0.1) is 0 Å². The summed E-state index contributed by atoms with van der Waals surface area (Å²) in [6.07, 6.45) is 1.77. The molecule has 13 heavy (non-hydrogen) atoms. The zero-order valence-corrected chi connectivity index (χ0v) is 9.00. The number of hydrogen-bond donors (Lipinski definition) is 1. The summed E-state index contributed by atoms with van der Waals surface area (Å²) in [5, 5.41) is 9.52. The van der Waals surface area contributed by atoms with Crippen LogP contribution in [-0.4, -0.2) is 17.3 Å². The molecule has 0 aromatic heterocycles. The molecule has 0 aliphatic carbocycles. The first-order chi connectivity index (χ1) is 6.06. The third-order valence-electron chi connectivity index (χ3n) is 1.44. The first kappa shape index (κ1) is 10.7. The number of carboxylic acids is 1. The van der Waals surface area contributed by atoms with E-state index in [1.165, 1.54) is 23.9 Å². The first-order valence-electron chi connectivity index (χ1n) is 3.32. The minimum Gasteiger partial charge on any atom is -0.478 e. The second-order valence-corrected chi connectivity index (χ2v) is 3.93. The van der Waals surface area contributed by atoms with Gasteiger partial charge >= 0.3 is 5.97 Å². The molecule has 1 aromatic rings. The summed E-state index contributed by atoms with van der Waals surface area (Å²) >= 11 is 12.8. The van der Waals surface area contributed by atoms with E-state index in [-0.39, 0.29) is 5.56 Å². The Hall–Kier alpha value is -0.380. The molecule has 0 saturated carbocycles. The van der Waals surface area contributed by atoms with Gasteiger partial charge in [-0.2, -0.15) is 0 Å². The number of aromatic carboxylic acids is 1. The maximum absolute atomic E-state index is 10.8. The van der Waals surface area contributed by atoms with Gasteiger partial charge in [0.05, 0.1) is 10.6 Å². The number of thioether (sulfide) groups is 1. The molecule has 0 amide bonds. The van der Waals surface area contributed by atoms with Gasteiger partial charge in [-0.15, -0.1) is 11.8 Å². The maximum Gasteiger partial charge on any atom is 0.336 e. The Bertz CT molecular complexity index is 352. The third kappa shape index (κ3) is 2.30. The average molecular weight is 237 g/mol. The van der Waals surface area contributed by atoms with E-state index < -0.39 is 5.97 Å². The lowest BCUT2D eigenvalue weighted by molar-refractivity contribution is 0.0693. The highest BCUT2D eigenvalue weighted by Gasteiger charge is 2.13. The van der Waals surface area contributed by atoms with E-state index in [1.54, 1.807) is 6.26 Å². The van der Waals surface area contributed by atoms with Gasteiger partial charge in [0.15, 0.2) is 0 Å². The van der Waals surface area contributed by atoms with Crippen LogP contribution in [0.3, 0.4) is 0 Å². The summed E-state index contributed by atoms with van der Waals surface area (Å²) in [5.74, 6) is -1.02. The normalized spacial score (nSPS) is 10.1. The summed E-state index contributed by atoms with van der Waals surface area (Å²) in [7, 11) is 0. The molecule has 0 fully saturated rings. The summed E-state index contributed by atoms with van der Waals surface area (Å²) in [6, 6.07) is 2.92. The lowest BCUT2D eigenvalue weighted by Crippen LogP contribution is -1.99. The van der Waals surface area contributed by atoms with Gasteiger partial charge in [-0.05, 0) is 18.4 Å². The molecule has 2 nitrogen and oxygen atoms in total. The molecule has 5 heteroatoms. The quantitative estimate of drug-likeness (QED) is 0.801. The average Bonchev–Trinajstić information content (AvgIpc) is 2.02. The SMILES string of the molecule is CSc1c(Cl)cc(Cl)cc1C(=O)O. The largest absolute Gasteiger partial charge is 0.478 e. The van der Waals surface area contributed by atoms with Gasteiger partial charge in [0.1, 0.15) is 0 Å². The highest BCUT2D eigenvalue weighted by Crippen LogP contribution is 2.32. The highest BCUT2D eigenvalue weighted by atomic mass is 35.5. The molecule has 0 heterocycles. The van der Waals surface area contributed by atoms with Crippen LogP contribution in [-0.2, 0) is 0 Å². The van der Waals surface area contributed by atoms with Crippen molar-refractivity contribution in [1.82, 2.24) is 0 Å². The predicted molar refractivity (Wildman–Crippen MR) is 55.2 cm³/mol. The van der Waals surface area contributed by atoms with Crippen LogP contribution in [0.15, 0.2) is 17.0 Å². The van der Waals surface area contributed by atoms with Crippen molar-refractivity contribution in [2.75, 3.05) is 6.26 Å². The summed E-state index contributed by atoms with van der Waals surface area (Å²) < 4.78 is 0. The lowest BCUT2D eigenvalue weighted by atomic mass is 10.2. The zero-order valence-electron chi connectivity index (χ0n) is 6.67. The monoisotopic (exact) mass is 236 g/mol. The van der Waals surface area contributed by atoms with Crippen LogP contribution in [0.5, 0.6) is 0 Å². The van der Waals surface area contributed by atoms with Crippen LogP contribution < -0.4 is 0 Å². The predicted octanol–water partition coefficient (Wildman–Crippen LogP) is 3.41. The van der Waals surface area contributed by atoms with Gasteiger partial charge < -0.3 is 5.11 Å². The Kier molecular flexibility index (Phi) is 3.47. The van der Waals surface area contributed by atoms with E-state index in [0.717, 1.165) is 0 Å². The second kappa shape index (κ2) is 4.22. The molecular formula is C8H6Cl2O2S. The maximum atomic E-state index is 10.8. The fourth-order valence-electron chi connectivity index (χ4n) is 0.927. The van der Waals surface area contributed by atoms with Crippen LogP contribution in [0.1, 0.15) is 10.4 Å². The summed E-state index contributed by atoms with van der Waals surface area (Å²) in [4.78, 5) is 11.3. The fraction of sp³-hybridized carbons (Fsp3) is 0.125. The van der Waals surface area contributed by atoms with Gasteiger partial charge in [-0.3, -0.25) is 0 Å². The molecule has 1 aromatic carbocycles. The van der Waals surface area contributed by atoms with Crippen LogP contribution in [0.4, 0.5) is 0 Å². The molecular weight excluding hydrogens is 231 g/mol. The Labute approximate surface area is 89.8 Å². The van der Waals surface area contributed by atoms with Crippen molar-refractivity contribution in [3.05, 3.63) is 27.7 Å². The van der Waals surface area contributed by atoms with E-state index >= 15 is 0 Å². The van der Waals surface area contributed by atoms with E-state index in [9.17, 15) is 4.79 Å².